The third-order valence-electron chi connectivity index (χ3n) is 13.9. The van der Waals surface area contributed by atoms with Crippen LogP contribution in [0.2, 0.25) is 0 Å². The van der Waals surface area contributed by atoms with Crippen molar-refractivity contribution in [3.63, 3.8) is 0 Å². The summed E-state index contributed by atoms with van der Waals surface area (Å²) in [6.45, 7) is 16.2. The number of thiazole rings is 3. The number of ether oxygens (including phenoxy) is 5. The van der Waals surface area contributed by atoms with Gasteiger partial charge in [0.2, 0.25) is 0 Å². The smallest absolute Gasteiger partial charge is 0.260 e. The van der Waals surface area contributed by atoms with Crippen molar-refractivity contribution in [3.05, 3.63) is 180 Å². The van der Waals surface area contributed by atoms with Crippen LogP contribution in [0.1, 0.15) is 75.6 Å². The molecule has 0 fully saturated rings. The summed E-state index contributed by atoms with van der Waals surface area (Å²) in [6, 6.07) is 32.5. The summed E-state index contributed by atoms with van der Waals surface area (Å²) in [7, 11) is 13.3. The molecule has 14 nitrogen and oxygen atoms in total. The van der Waals surface area contributed by atoms with Gasteiger partial charge in [-0.15, -0.1) is 34.0 Å². The number of anilines is 3. The topological polar surface area (TPSA) is 146 Å². The quantitative estimate of drug-likeness (QED) is 0.103. The van der Waals surface area contributed by atoms with Gasteiger partial charge in [0.15, 0.2) is 26.9 Å². The average Bonchev–Trinajstić information content (AvgIpc) is 4.30. The summed E-state index contributed by atoms with van der Waals surface area (Å²) < 4.78 is 26.9. The molecule has 3 heterocycles. The normalized spacial score (nSPS) is 10.6. The molecule has 0 spiro atoms. The van der Waals surface area contributed by atoms with Crippen LogP contribution < -0.4 is 38.4 Å². The SMILES string of the molecule is COc1cc(-c2csc(N(C)C(=O)c3cccc(C)c3)n2)cc(C)c1C.COc1cc(-c2csc(N(C)C(=O)c3ccccc3C)n2)cc(C)c1C.COc1ccc(C(=O)N(C)c2nc(-c3cc(C)c(C)c(OC)c3)cs2)cc1OC. The van der Waals surface area contributed by atoms with Gasteiger partial charge in [-0.1, -0.05) is 35.9 Å². The molecule has 0 aliphatic carbocycles. The second kappa shape index (κ2) is 26.7. The Kier molecular flexibility index (Phi) is 19.9. The molecule has 420 valence electrons. The molecule has 0 aliphatic heterocycles. The highest BCUT2D eigenvalue weighted by molar-refractivity contribution is 7.14. The van der Waals surface area contributed by atoms with Gasteiger partial charge in [0.1, 0.15) is 17.2 Å². The number of hydrogen-bond acceptors (Lipinski definition) is 14. The van der Waals surface area contributed by atoms with Crippen molar-refractivity contribution in [2.45, 2.75) is 55.4 Å². The molecule has 81 heavy (non-hydrogen) atoms. The van der Waals surface area contributed by atoms with Crippen molar-refractivity contribution in [2.75, 3.05) is 71.4 Å². The van der Waals surface area contributed by atoms with E-state index in [0.29, 0.717) is 43.6 Å². The molecule has 0 aliphatic rings. The molecule has 9 rings (SSSR count). The van der Waals surface area contributed by atoms with Gasteiger partial charge in [-0.05, 0) is 167 Å². The van der Waals surface area contributed by atoms with Crippen molar-refractivity contribution < 1.29 is 38.1 Å². The van der Waals surface area contributed by atoms with Crippen molar-refractivity contribution >= 4 is 67.1 Å². The third kappa shape index (κ3) is 13.8. The second-order valence-corrected chi connectivity index (χ2v) is 21.8. The summed E-state index contributed by atoms with van der Waals surface area (Å²) in [4.78, 5) is 57.2. The molecular formula is C64H68N6O8S3. The van der Waals surface area contributed by atoms with Gasteiger partial charge in [0, 0.05) is 70.7 Å². The predicted molar refractivity (Wildman–Crippen MR) is 331 cm³/mol. The zero-order valence-corrected chi connectivity index (χ0v) is 51.2. The van der Waals surface area contributed by atoms with Crippen LogP contribution in [0.5, 0.6) is 28.7 Å². The fraction of sp³-hybridized carbons (Fsp3) is 0.250. The first-order chi connectivity index (χ1) is 38.7. The van der Waals surface area contributed by atoms with Crippen molar-refractivity contribution in [3.8, 4) is 62.5 Å². The Labute approximate surface area is 487 Å². The van der Waals surface area contributed by atoms with Gasteiger partial charge in [0.25, 0.3) is 17.7 Å². The van der Waals surface area contributed by atoms with E-state index in [1.54, 1.807) is 84.7 Å². The minimum Gasteiger partial charge on any atom is -0.496 e. The average molecular weight is 1150 g/mol. The van der Waals surface area contributed by atoms with E-state index in [4.69, 9.17) is 23.7 Å². The standard InChI is InChI=1S/C22H24N2O4S.2C21H22N2O2S/c1-13-9-16(11-19(27-5)14(13)2)17-12-29-22(23-17)24(3)21(25)15-7-8-18(26-4)20(10-15)28-6;1-13-7-6-8-16(9-13)20(24)23(4)21-22-18(12-26-21)17-10-14(2)15(3)19(11-17)25-5;1-13-8-6-7-9-17(13)20(24)23(4)21-22-18(12-26-21)16-10-14(2)15(3)19(11-16)25-5/h7-12H,1-6H3;2*6-12H,1-5H3. The summed E-state index contributed by atoms with van der Waals surface area (Å²) in [5.74, 6) is 3.31. The van der Waals surface area contributed by atoms with E-state index < -0.39 is 0 Å². The second-order valence-electron chi connectivity index (χ2n) is 19.3. The zero-order valence-electron chi connectivity index (χ0n) is 48.7. The maximum Gasteiger partial charge on any atom is 0.260 e. The van der Waals surface area contributed by atoms with E-state index in [1.165, 1.54) is 38.9 Å². The molecule has 0 N–H and O–H groups in total. The largest absolute Gasteiger partial charge is 0.496 e. The Morgan fingerprint density at radius 1 is 0.383 bits per heavy atom. The van der Waals surface area contributed by atoms with Gasteiger partial charge in [-0.3, -0.25) is 29.1 Å². The van der Waals surface area contributed by atoms with E-state index in [-0.39, 0.29) is 17.7 Å². The van der Waals surface area contributed by atoms with Crippen LogP contribution in [-0.2, 0) is 0 Å². The van der Waals surface area contributed by atoms with Crippen LogP contribution in [0.15, 0.2) is 119 Å². The van der Waals surface area contributed by atoms with E-state index in [2.05, 4.69) is 47.0 Å². The molecule has 9 aromatic rings. The molecular weight excluding hydrogens is 1080 g/mol. The number of aromatic nitrogens is 3. The fourth-order valence-corrected chi connectivity index (χ4v) is 11.0. The lowest BCUT2D eigenvalue weighted by Crippen LogP contribution is -2.26. The monoisotopic (exact) mass is 1140 g/mol. The van der Waals surface area contributed by atoms with Crippen LogP contribution in [0.4, 0.5) is 15.4 Å². The Hall–Kier alpha value is -8.38. The van der Waals surface area contributed by atoms with Gasteiger partial charge >= 0.3 is 0 Å². The highest BCUT2D eigenvalue weighted by atomic mass is 32.1. The highest BCUT2D eigenvalue weighted by Gasteiger charge is 2.22. The van der Waals surface area contributed by atoms with Gasteiger partial charge < -0.3 is 23.7 Å². The van der Waals surface area contributed by atoms with Crippen molar-refractivity contribution in [2.24, 2.45) is 0 Å². The Morgan fingerprint density at radius 2 is 0.765 bits per heavy atom. The van der Waals surface area contributed by atoms with Crippen LogP contribution in [-0.4, -0.2) is 89.4 Å². The number of carbonyl (C=O) groups excluding carboxylic acids is 3. The number of hydrogen-bond donors (Lipinski definition) is 0. The number of nitrogens with zero attached hydrogens (tertiary/aromatic N) is 6. The first kappa shape index (κ1) is 60.3. The highest BCUT2D eigenvalue weighted by Crippen LogP contribution is 2.37. The Morgan fingerprint density at radius 3 is 1.15 bits per heavy atom. The van der Waals surface area contributed by atoms with Crippen molar-refractivity contribution in [1.82, 2.24) is 15.0 Å². The molecule has 0 unspecified atom stereocenters. The first-order valence-corrected chi connectivity index (χ1v) is 28.4. The lowest BCUT2D eigenvalue weighted by Gasteiger charge is -2.15. The first-order valence-electron chi connectivity index (χ1n) is 25.7. The lowest BCUT2D eigenvalue weighted by atomic mass is 10.0. The van der Waals surface area contributed by atoms with Crippen LogP contribution in [0.3, 0.4) is 0 Å². The number of benzene rings is 6. The molecule has 0 bridgehead atoms. The molecule has 3 aromatic heterocycles. The summed E-state index contributed by atoms with van der Waals surface area (Å²) in [6.07, 6.45) is 0. The summed E-state index contributed by atoms with van der Waals surface area (Å²) >= 11 is 4.33. The number of aryl methyl sites for hydroxylation is 5. The van der Waals surface area contributed by atoms with Gasteiger partial charge in [0.05, 0.1) is 52.6 Å². The van der Waals surface area contributed by atoms with E-state index in [9.17, 15) is 14.4 Å². The number of methoxy groups -OCH3 is 5. The molecule has 17 heteroatoms. The minimum atomic E-state index is -0.176. The van der Waals surface area contributed by atoms with E-state index in [1.807, 2.05) is 124 Å². The summed E-state index contributed by atoms with van der Waals surface area (Å²) in [5.41, 5.74) is 16.1. The lowest BCUT2D eigenvalue weighted by molar-refractivity contribution is 0.0984. The van der Waals surface area contributed by atoms with Crippen molar-refractivity contribution in [1.29, 1.82) is 0 Å². The molecule has 0 saturated carbocycles. The van der Waals surface area contributed by atoms with E-state index in [0.717, 1.165) is 95.5 Å². The number of rotatable bonds is 14. The molecule has 0 atom stereocenters. The third-order valence-corrected chi connectivity index (χ3v) is 16.7. The molecule has 0 radical (unpaired) electrons. The maximum absolute atomic E-state index is 12.9. The zero-order chi connectivity index (χ0) is 58.8. The van der Waals surface area contributed by atoms with Crippen LogP contribution >= 0.6 is 34.0 Å². The van der Waals surface area contributed by atoms with Crippen LogP contribution in [0, 0.1) is 55.4 Å². The molecule has 0 saturated heterocycles. The Balaban J connectivity index is 0.000000176. The Bertz CT molecular complexity index is 3730. The number of amides is 3. The molecule has 6 aromatic carbocycles. The van der Waals surface area contributed by atoms with E-state index >= 15 is 0 Å². The summed E-state index contributed by atoms with van der Waals surface area (Å²) in [5, 5.41) is 7.84. The maximum atomic E-state index is 12.9. The number of carbonyl (C=O) groups is 3. The minimum absolute atomic E-state index is 0.0540. The predicted octanol–water partition coefficient (Wildman–Crippen LogP) is 14.8. The molecule has 3 amide bonds. The van der Waals surface area contributed by atoms with Gasteiger partial charge in [-0.2, -0.15) is 0 Å². The van der Waals surface area contributed by atoms with Crippen LogP contribution in [0.25, 0.3) is 33.8 Å². The van der Waals surface area contributed by atoms with Gasteiger partial charge in [-0.25, -0.2) is 15.0 Å². The fourth-order valence-electron chi connectivity index (χ4n) is 8.60.